The average molecular weight is 877 g/mol. The molecule has 2 aliphatic carbocycles. The molecule has 6 atom stereocenters. The number of hydrogen-bond acceptors (Lipinski definition) is 12. The molecule has 14 heteroatoms. The summed E-state index contributed by atoms with van der Waals surface area (Å²) >= 11 is 1.76. The first-order valence-corrected chi connectivity index (χ1v) is 22.8. The number of aliphatic hydroxyl groups excluding tert-OH is 2. The lowest BCUT2D eigenvalue weighted by Crippen LogP contribution is -2.64. The fraction of sp³-hybridized carbons (Fsp3) is 0.408. The first-order valence-electron chi connectivity index (χ1n) is 21.8. The van der Waals surface area contributed by atoms with E-state index in [2.05, 4.69) is 23.0 Å². The summed E-state index contributed by atoms with van der Waals surface area (Å²) in [7, 11) is 0. The molecule has 1 saturated carbocycles. The molecule has 3 N–H and O–H groups in total. The second kappa shape index (κ2) is 22.2. The lowest BCUT2D eigenvalue weighted by Gasteiger charge is -2.58. The number of oxime groups is 1. The van der Waals surface area contributed by atoms with E-state index in [1.54, 1.807) is 48.4 Å². The van der Waals surface area contributed by atoms with Gasteiger partial charge in [-0.1, -0.05) is 60.5 Å². The van der Waals surface area contributed by atoms with E-state index in [-0.39, 0.29) is 61.0 Å². The number of ether oxygens (including phenoxy) is 3. The van der Waals surface area contributed by atoms with Crippen LogP contribution < -0.4 is 14.8 Å². The van der Waals surface area contributed by atoms with E-state index in [1.165, 1.54) is 12.1 Å². The van der Waals surface area contributed by atoms with Crippen molar-refractivity contribution in [3.8, 4) is 11.5 Å². The predicted molar refractivity (Wildman–Crippen MR) is 243 cm³/mol. The number of benzene rings is 3. The molecule has 3 aliphatic rings. The van der Waals surface area contributed by atoms with E-state index in [1.807, 2.05) is 54.6 Å². The molecule has 0 bridgehead atoms. The van der Waals surface area contributed by atoms with Crippen molar-refractivity contribution in [3.05, 3.63) is 154 Å². The van der Waals surface area contributed by atoms with Gasteiger partial charge in [0.2, 0.25) is 5.79 Å². The first kappa shape index (κ1) is 45.5. The highest BCUT2D eigenvalue weighted by molar-refractivity contribution is 8.00. The van der Waals surface area contributed by atoms with Gasteiger partial charge in [0.1, 0.15) is 18.1 Å². The van der Waals surface area contributed by atoms with Gasteiger partial charge in [0.15, 0.2) is 0 Å². The lowest BCUT2D eigenvalue weighted by atomic mass is 9.56. The Morgan fingerprint density at radius 3 is 2.48 bits per heavy atom. The van der Waals surface area contributed by atoms with Crippen molar-refractivity contribution in [3.63, 3.8) is 0 Å². The summed E-state index contributed by atoms with van der Waals surface area (Å²) in [5.41, 5.74) is 5.48. The molecule has 4 aromatic rings. The van der Waals surface area contributed by atoms with Crippen LogP contribution in [0.5, 0.6) is 11.5 Å². The van der Waals surface area contributed by atoms with Crippen LogP contribution in [0.1, 0.15) is 73.1 Å². The Morgan fingerprint density at radius 2 is 1.75 bits per heavy atom. The normalized spacial score (nSPS) is 22.8. The predicted octanol–water partition coefficient (Wildman–Crippen LogP) is 9.09. The molecule has 13 nitrogen and oxygen atoms in total. The number of rotatable bonds is 22. The number of unbranched alkanes of at least 4 members (excludes halogenated alkanes) is 2. The monoisotopic (exact) mass is 876 g/mol. The standard InChI is InChI=1S/C49H56N4O9S/c1-2-27-59-49-45(63-28-22-34-20-23-50-24-21-34)31-43(52-60-33-36-14-16-38(17-15-36)53(57)58)41-29-37(12-6-8-25-54)40(13-7-9-26-55)46(47(41)49)42-30-39(18-19-44(42)62-49)61-48(56)51-32-35-10-4-3-5-11-35/h2-5,10-11,14-21,23-24,29-30,37,40,45-47,54-55H,1,6-9,12-13,22,25-28,31-33H2,(H,51,56)/t37-,40+,45-,46+,47+,49+/m0/s1. The number of aromatic nitrogens is 1. The summed E-state index contributed by atoms with van der Waals surface area (Å²) in [6, 6.07) is 25.5. The van der Waals surface area contributed by atoms with Gasteiger partial charge in [-0.05, 0) is 114 Å². The fourth-order valence-corrected chi connectivity index (χ4v) is 10.6. The number of nitro benzene ring substituents is 1. The molecule has 7 rings (SSSR count). The summed E-state index contributed by atoms with van der Waals surface area (Å²) in [6.45, 7) is 4.85. The molecular weight excluding hydrogens is 821 g/mol. The van der Waals surface area contributed by atoms with E-state index < -0.39 is 16.8 Å². The number of thioether (sulfide) groups is 1. The minimum Gasteiger partial charge on any atom is -0.460 e. The van der Waals surface area contributed by atoms with Crippen molar-refractivity contribution in [2.24, 2.45) is 22.9 Å². The molecule has 1 fully saturated rings. The first-order chi connectivity index (χ1) is 30.8. The molecule has 63 heavy (non-hydrogen) atoms. The van der Waals surface area contributed by atoms with Crippen molar-refractivity contribution in [1.82, 2.24) is 10.3 Å². The molecule has 1 amide bonds. The van der Waals surface area contributed by atoms with Crippen LogP contribution in [-0.4, -0.2) is 68.5 Å². The average Bonchev–Trinajstić information content (AvgIpc) is 3.30. The van der Waals surface area contributed by atoms with Gasteiger partial charge < -0.3 is 34.6 Å². The van der Waals surface area contributed by atoms with Crippen molar-refractivity contribution in [2.75, 3.05) is 25.6 Å². The summed E-state index contributed by atoms with van der Waals surface area (Å²) in [5.74, 6) is 0.154. The molecule has 0 saturated heterocycles. The SMILES string of the molecule is C=CCO[C@@]12Oc3ccc(OC(=O)NCc4ccccc4)cc3[C@H]3[C@H](CCCCO)[C@@H](CCCCO)C=C(C(=NOCc4ccc([N+](=O)[O-])cc4)C[C@@H]1SCCc1ccncc1)[C@H]32. The number of nitrogens with zero attached hydrogens (tertiary/aromatic N) is 3. The third-order valence-electron chi connectivity index (χ3n) is 12.1. The molecule has 0 radical (unpaired) electrons. The Kier molecular flexibility index (Phi) is 16.0. The molecule has 2 heterocycles. The van der Waals surface area contributed by atoms with Gasteiger partial charge in [0.25, 0.3) is 5.69 Å². The smallest absolute Gasteiger partial charge is 0.412 e. The van der Waals surface area contributed by atoms with Gasteiger partial charge in [-0.15, -0.1) is 6.58 Å². The number of hydrogen-bond donors (Lipinski definition) is 3. The summed E-state index contributed by atoms with van der Waals surface area (Å²) in [5, 5.41) is 38.6. The van der Waals surface area contributed by atoms with Crippen molar-refractivity contribution >= 4 is 29.3 Å². The minimum absolute atomic E-state index is 0.00187. The highest BCUT2D eigenvalue weighted by atomic mass is 32.2. The number of amides is 1. The Hall–Kier alpha value is -5.54. The van der Waals surface area contributed by atoms with Crippen molar-refractivity contribution < 1.29 is 39.0 Å². The van der Waals surface area contributed by atoms with Crippen LogP contribution in [0.4, 0.5) is 10.5 Å². The highest BCUT2D eigenvalue weighted by Crippen LogP contribution is 2.62. The van der Waals surface area contributed by atoms with E-state index in [0.29, 0.717) is 37.3 Å². The van der Waals surface area contributed by atoms with Crippen LogP contribution in [-0.2, 0) is 29.1 Å². The number of aryl methyl sites for hydroxylation is 1. The summed E-state index contributed by atoms with van der Waals surface area (Å²) in [4.78, 5) is 34.4. The molecule has 1 aliphatic heterocycles. The minimum atomic E-state index is -1.17. The fourth-order valence-electron chi connectivity index (χ4n) is 9.22. The van der Waals surface area contributed by atoms with Gasteiger partial charge in [0.05, 0.1) is 28.4 Å². The Bertz CT molecular complexity index is 2210. The third kappa shape index (κ3) is 11.2. The Morgan fingerprint density at radius 1 is 0.984 bits per heavy atom. The van der Waals surface area contributed by atoms with E-state index in [4.69, 9.17) is 24.2 Å². The number of non-ortho nitro benzene ring substituents is 1. The number of carbonyl (C=O) groups is 1. The molecule has 0 spiro atoms. The number of allylic oxidation sites excluding steroid dienone is 1. The van der Waals surface area contributed by atoms with Gasteiger partial charge >= 0.3 is 6.09 Å². The van der Waals surface area contributed by atoms with Crippen LogP contribution in [0, 0.1) is 27.9 Å². The van der Waals surface area contributed by atoms with Crippen LogP contribution in [0.15, 0.2) is 127 Å². The summed E-state index contributed by atoms with van der Waals surface area (Å²) < 4.78 is 20.3. The summed E-state index contributed by atoms with van der Waals surface area (Å²) in [6.07, 6.45) is 12.9. The molecule has 1 aromatic heterocycles. The zero-order chi connectivity index (χ0) is 44.0. The Balaban J connectivity index is 1.31. The molecule has 332 valence electrons. The van der Waals surface area contributed by atoms with Gasteiger partial charge in [-0.25, -0.2) is 4.79 Å². The van der Waals surface area contributed by atoms with Gasteiger partial charge in [0, 0.05) is 62.2 Å². The lowest BCUT2D eigenvalue weighted by molar-refractivity contribution is -0.384. The largest absolute Gasteiger partial charge is 0.460 e. The highest BCUT2D eigenvalue weighted by Gasteiger charge is 2.64. The number of nitro groups is 1. The van der Waals surface area contributed by atoms with Gasteiger partial charge in [-0.2, -0.15) is 11.8 Å². The van der Waals surface area contributed by atoms with E-state index in [0.717, 1.165) is 71.4 Å². The maximum atomic E-state index is 13.2. The van der Waals surface area contributed by atoms with E-state index >= 15 is 0 Å². The second-order valence-electron chi connectivity index (χ2n) is 16.1. The number of pyridine rings is 1. The number of fused-ring (bicyclic) bond motifs is 2. The van der Waals surface area contributed by atoms with Crippen LogP contribution in [0.2, 0.25) is 0 Å². The van der Waals surface area contributed by atoms with Crippen molar-refractivity contribution in [2.45, 2.75) is 81.5 Å². The second-order valence-corrected chi connectivity index (χ2v) is 17.5. The molecular formula is C49H56N4O9S. The maximum absolute atomic E-state index is 13.2. The quantitative estimate of drug-likeness (QED) is 0.0297. The van der Waals surface area contributed by atoms with Crippen LogP contribution in [0.25, 0.3) is 0 Å². The van der Waals surface area contributed by atoms with Crippen LogP contribution in [0.3, 0.4) is 0 Å². The maximum Gasteiger partial charge on any atom is 0.412 e. The van der Waals surface area contributed by atoms with E-state index in [9.17, 15) is 25.1 Å². The number of carbonyl (C=O) groups excluding carboxylic acids is 1. The zero-order valence-electron chi connectivity index (χ0n) is 35.4. The number of nitrogens with one attached hydrogen (secondary N) is 1. The number of aliphatic hydroxyl groups is 2. The zero-order valence-corrected chi connectivity index (χ0v) is 36.2. The van der Waals surface area contributed by atoms with Crippen molar-refractivity contribution in [1.29, 1.82) is 0 Å². The van der Waals surface area contributed by atoms with Crippen LogP contribution >= 0.6 is 11.8 Å². The molecule has 0 unspecified atom stereocenters. The Labute approximate surface area is 372 Å². The third-order valence-corrected chi connectivity index (χ3v) is 13.5. The van der Waals surface area contributed by atoms with Gasteiger partial charge in [-0.3, -0.25) is 15.1 Å². The molecule has 3 aromatic carbocycles. The topological polar surface area (TPSA) is 175 Å².